The first-order chi connectivity index (χ1) is 62.8. The molecule has 0 saturated carbocycles. The van der Waals surface area contributed by atoms with Crippen molar-refractivity contribution >= 4 is 33.3 Å². The molecule has 2 aliphatic carbocycles. The molecule has 2 aliphatic rings. The molecule has 720 valence electrons. The van der Waals surface area contributed by atoms with Crippen LogP contribution in [0.4, 0.5) is 0 Å². The average Bonchev–Trinajstić information content (AvgIpc) is 1.57. The van der Waals surface area contributed by atoms with Crippen LogP contribution in [-0.4, -0.2) is 32.2 Å². The van der Waals surface area contributed by atoms with Crippen molar-refractivity contribution in [3.8, 4) is 45.3 Å². The van der Waals surface area contributed by atoms with Gasteiger partial charge in [-0.15, -0.1) is 0 Å². The Morgan fingerprint density at radius 1 is 0.205 bits per heavy atom. The Morgan fingerprint density at radius 2 is 0.370 bits per heavy atom. The Labute approximate surface area is 798 Å². The van der Waals surface area contributed by atoms with Gasteiger partial charge in [0.1, 0.15) is 27.3 Å². The molecule has 0 radical (unpaired) electrons. The smallest absolute Gasteiger partial charge is 0.194 e. The van der Waals surface area contributed by atoms with Gasteiger partial charge in [0.2, 0.25) is 0 Å². The second-order valence-electron chi connectivity index (χ2n) is 39.6. The summed E-state index contributed by atoms with van der Waals surface area (Å²) in [6.07, 6.45) is 112. The maximum absolute atomic E-state index is 13.4. The minimum absolute atomic E-state index is 0.0912. The molecule has 0 amide bonds. The van der Waals surface area contributed by atoms with Crippen LogP contribution in [0.1, 0.15) is 574 Å². The van der Waals surface area contributed by atoms with Gasteiger partial charge in [-0.25, -0.2) is 0 Å². The van der Waals surface area contributed by atoms with Gasteiger partial charge < -0.3 is 18.9 Å². The topological polar surface area (TPSA) is 54.0 Å². The largest absolute Gasteiger partial charge is 0.494 e. The quantitative estimate of drug-likeness (QED) is 0.0281. The molecule has 0 saturated heterocycles. The predicted molar refractivity (Wildman–Crippen MR) is 561 cm³/mol. The highest BCUT2D eigenvalue weighted by Crippen LogP contribution is 2.58. The van der Waals surface area contributed by atoms with Gasteiger partial charge in [0.25, 0.3) is 0 Å². The first-order valence-electron chi connectivity index (χ1n) is 55.9. The summed E-state index contributed by atoms with van der Waals surface area (Å²) >= 11 is 10.7. The van der Waals surface area contributed by atoms with Crippen LogP contribution in [-0.2, 0) is 4.32 Å². The zero-order chi connectivity index (χ0) is 89.7. The van der Waals surface area contributed by atoms with Crippen molar-refractivity contribution in [2.75, 3.05) is 26.4 Å². The van der Waals surface area contributed by atoms with Gasteiger partial charge >= 0.3 is 0 Å². The third kappa shape index (κ3) is 51.7. The lowest BCUT2D eigenvalue weighted by molar-refractivity contribution is 0.104. The lowest BCUT2D eigenvalue weighted by Gasteiger charge is -2.27. The maximum Gasteiger partial charge on any atom is 0.194 e. The van der Waals surface area contributed by atoms with Crippen LogP contribution in [0.3, 0.4) is 0 Å². The van der Waals surface area contributed by atoms with Crippen LogP contribution >= 0.6 is 27.5 Å². The van der Waals surface area contributed by atoms with E-state index in [4.69, 9.17) is 30.5 Å². The maximum atomic E-state index is 13.4. The van der Waals surface area contributed by atoms with Crippen LogP contribution in [0.2, 0.25) is 5.02 Å². The molecule has 0 bridgehead atoms. The van der Waals surface area contributed by atoms with E-state index >= 15 is 0 Å². The summed E-state index contributed by atoms with van der Waals surface area (Å²) < 4.78 is 24.6. The van der Waals surface area contributed by atoms with Crippen LogP contribution in [0.5, 0.6) is 23.0 Å². The minimum atomic E-state index is -0.513. The van der Waals surface area contributed by atoms with E-state index in [1.54, 1.807) is 0 Å². The fraction of sp³-hybridized carbons (Fsp3) is 0.742. The Kier molecular flexibility index (Phi) is 68.6. The summed E-state index contributed by atoms with van der Waals surface area (Å²) in [6, 6.07) is 33.7. The normalized spacial score (nSPS) is 12.4. The summed E-state index contributed by atoms with van der Waals surface area (Å²) in [5.74, 6) is 3.59. The highest BCUT2D eigenvalue weighted by Gasteiger charge is 2.43. The predicted octanol–water partition coefficient (Wildman–Crippen LogP) is 41.7. The third-order valence-electron chi connectivity index (χ3n) is 28.1. The van der Waals surface area contributed by atoms with Gasteiger partial charge in [-0.2, -0.15) is 0 Å². The molecule has 0 atom stereocenters. The van der Waals surface area contributed by atoms with Gasteiger partial charge in [0, 0.05) is 16.1 Å². The van der Waals surface area contributed by atoms with Gasteiger partial charge in [-0.05, 0) is 137 Å². The molecule has 0 unspecified atom stereocenters. The van der Waals surface area contributed by atoms with Crippen molar-refractivity contribution in [1.82, 2.24) is 0 Å². The number of benzene rings is 5. The molecular formula is C120H196BrClO5. The molecule has 0 aromatic heterocycles. The fourth-order valence-corrected chi connectivity index (χ4v) is 20.9. The van der Waals surface area contributed by atoms with Crippen LogP contribution in [0, 0.1) is 0 Å². The number of carbonyl (C=O) groups excluding carboxylic acids is 1. The number of halogens is 2. The van der Waals surface area contributed by atoms with Gasteiger partial charge in [-0.3, -0.25) is 4.79 Å². The van der Waals surface area contributed by atoms with Gasteiger partial charge in [0.15, 0.2) is 5.78 Å². The Hall–Kier alpha value is -4.26. The number of ketones is 1. The summed E-state index contributed by atoms with van der Waals surface area (Å²) in [7, 11) is 0. The molecule has 5 aromatic carbocycles. The van der Waals surface area contributed by atoms with Crippen molar-refractivity contribution in [1.29, 1.82) is 0 Å². The number of rotatable bonds is 89. The molecule has 7 heteroatoms. The molecular weight excluding hydrogens is 1640 g/mol. The summed E-state index contributed by atoms with van der Waals surface area (Å²) in [5.41, 5.74) is 9.64. The lowest BCUT2D eigenvalue weighted by atomic mass is 9.89. The standard InChI is InChI=1S/C63H100BrClO2.C57H96O3/c1-3-5-7-9-11-13-15-17-19-21-23-25-27-29-31-33-35-37-39-41-51-66-57-47-49-59-60-50-48-58(54-62(60)63(64,61(59)53-57)55-43-45-56(65)46-44-55)67-52-42-40-38-36-34-32-30-28-26-24-22-20-18-16-14-12-10-8-6-4-2;1-3-5-7-9-11-13-15-17-19-21-23-25-27-29-31-33-35-37-39-41-47-59-51-43-45-53-54-46-44-52(50-56(54)57(58)55(53)49-51)60-48-42-40-38-36-34-32-30-28-26-24-22-20-18-16-14-12-10-8-6-4-2/h43-50,53-54H,3-42,51-52H2,1-2H3;43-46,49-50H,3-42,47-48H2,1-2H3. The van der Waals surface area contributed by atoms with E-state index < -0.39 is 4.32 Å². The molecule has 7 rings (SSSR count). The Morgan fingerprint density at radius 3 is 0.559 bits per heavy atom. The Balaban J connectivity index is 0.000000394. The van der Waals surface area contributed by atoms with E-state index in [-0.39, 0.29) is 5.78 Å². The third-order valence-corrected chi connectivity index (χ3v) is 29.6. The van der Waals surface area contributed by atoms with Crippen molar-refractivity contribution in [2.24, 2.45) is 0 Å². The van der Waals surface area contributed by atoms with E-state index in [0.29, 0.717) is 0 Å². The average molecular weight is 1830 g/mol. The number of hydrogen-bond acceptors (Lipinski definition) is 5. The highest BCUT2D eigenvalue weighted by atomic mass is 79.9. The second kappa shape index (κ2) is 78.1. The summed E-state index contributed by atoms with van der Waals surface area (Å²) in [4.78, 5) is 13.4. The monoisotopic (exact) mass is 1830 g/mol. The van der Waals surface area contributed by atoms with Crippen LogP contribution in [0.15, 0.2) is 97.1 Å². The number of carbonyl (C=O) groups is 1. The van der Waals surface area contributed by atoms with E-state index in [2.05, 4.69) is 104 Å². The number of alkyl halides is 1. The fourth-order valence-electron chi connectivity index (χ4n) is 19.8. The molecule has 5 nitrogen and oxygen atoms in total. The van der Waals surface area contributed by atoms with Crippen LogP contribution in [0.25, 0.3) is 22.3 Å². The summed E-state index contributed by atoms with van der Waals surface area (Å²) in [5, 5.41) is 0.747. The lowest BCUT2D eigenvalue weighted by Crippen LogP contribution is -2.18. The zero-order valence-electron chi connectivity index (χ0n) is 83.4. The van der Waals surface area contributed by atoms with Crippen molar-refractivity contribution in [3.05, 3.63) is 130 Å². The SMILES string of the molecule is CCCCCCCCCCCCCCCCCCCCCCOc1ccc2c(c1)C(=O)c1cc(OCCCCCCCCCCCCCCCCCCCCCC)ccc1-2.CCCCCCCCCCCCCCCCCCCCCCOc1ccc2c(c1)C(Br)(c1ccc(Cl)cc1)c1cc(OCCCCCCCCCCCCCCCCCCCCCC)ccc1-2. The molecule has 0 heterocycles. The zero-order valence-corrected chi connectivity index (χ0v) is 85.8. The van der Waals surface area contributed by atoms with Crippen molar-refractivity contribution in [2.45, 2.75) is 546 Å². The van der Waals surface area contributed by atoms with E-state index in [1.807, 2.05) is 36.4 Å². The first kappa shape index (κ1) is 111. The van der Waals surface area contributed by atoms with Crippen molar-refractivity contribution in [3.63, 3.8) is 0 Å². The molecule has 0 spiro atoms. The number of hydrogen-bond donors (Lipinski definition) is 0. The number of unbranched alkanes of at least 4 members (excludes halogenated alkanes) is 76. The van der Waals surface area contributed by atoms with Gasteiger partial charge in [-0.1, -0.05) is 567 Å². The Bertz CT molecular complexity index is 3180. The summed E-state index contributed by atoms with van der Waals surface area (Å²) in [6.45, 7) is 12.2. The molecule has 0 fully saturated rings. The van der Waals surface area contributed by atoms with Gasteiger partial charge in [0.05, 0.1) is 26.4 Å². The van der Waals surface area contributed by atoms with E-state index in [0.717, 1.165) is 108 Å². The number of ether oxygens (including phenoxy) is 4. The van der Waals surface area contributed by atoms with E-state index in [9.17, 15) is 4.79 Å². The van der Waals surface area contributed by atoms with Crippen LogP contribution < -0.4 is 18.9 Å². The molecule has 127 heavy (non-hydrogen) atoms. The van der Waals surface area contributed by atoms with Crippen molar-refractivity contribution < 1.29 is 23.7 Å². The first-order valence-corrected chi connectivity index (χ1v) is 57.1. The van der Waals surface area contributed by atoms with E-state index in [1.165, 1.54) is 510 Å². The molecule has 5 aromatic rings. The molecule has 0 aliphatic heterocycles. The number of fused-ring (bicyclic) bond motifs is 6. The highest BCUT2D eigenvalue weighted by molar-refractivity contribution is 9.10. The minimum Gasteiger partial charge on any atom is -0.494 e. The molecule has 0 N–H and O–H groups in total. The second-order valence-corrected chi connectivity index (χ2v) is 41.2.